The minimum atomic E-state index is -0.722. The van der Waals surface area contributed by atoms with E-state index in [1.165, 1.54) is 19.1 Å². The van der Waals surface area contributed by atoms with Crippen molar-refractivity contribution in [2.45, 2.75) is 20.4 Å². The van der Waals surface area contributed by atoms with E-state index in [4.69, 9.17) is 9.15 Å². The van der Waals surface area contributed by atoms with Crippen LogP contribution in [0, 0.1) is 6.92 Å². The molecule has 3 rings (SSSR count). The van der Waals surface area contributed by atoms with Crippen molar-refractivity contribution in [2.75, 3.05) is 11.9 Å². The number of hydrogen-bond acceptors (Lipinski definition) is 8. The molecule has 0 atom stereocenters. The highest BCUT2D eigenvalue weighted by Crippen LogP contribution is 2.23. The maximum atomic E-state index is 12.4. The van der Waals surface area contributed by atoms with Gasteiger partial charge in [0.1, 0.15) is 18.0 Å². The lowest BCUT2D eigenvalue weighted by Gasteiger charge is -2.03. The number of benzene rings is 1. The third-order valence-electron chi connectivity index (χ3n) is 3.94. The molecular weight excluding hydrogens is 398 g/mol. The third kappa shape index (κ3) is 4.32. The summed E-state index contributed by atoms with van der Waals surface area (Å²) in [6.07, 6.45) is 1.45. The zero-order valence-corrected chi connectivity index (χ0v) is 16.5. The number of anilines is 1. The molecule has 0 radical (unpaired) electrons. The van der Waals surface area contributed by atoms with Crippen LogP contribution in [-0.2, 0) is 16.1 Å². The largest absolute Gasteiger partial charge is 0.457 e. The molecule has 1 aromatic carbocycles. The lowest BCUT2D eigenvalue weighted by Crippen LogP contribution is -2.24. The topological polar surface area (TPSA) is 121 Å². The number of ketones is 1. The number of aromatic nitrogens is 2. The first-order chi connectivity index (χ1) is 13.8. The van der Waals surface area contributed by atoms with Gasteiger partial charge < -0.3 is 14.5 Å². The van der Waals surface area contributed by atoms with Crippen molar-refractivity contribution in [3.8, 4) is 0 Å². The molecule has 150 valence electrons. The standard InChI is InChI=1S/C19H17N3O6S/c1-4-7-27-17(25)16-10(2)20-18(29-16)21-15(24)9-22-13-6-5-12(11(3)23)8-14(13)28-19(22)26/h4-6,8H,1,7,9H2,2-3H3,(H,20,21,24). The van der Waals surface area contributed by atoms with Crippen LogP contribution in [0.2, 0.25) is 0 Å². The van der Waals surface area contributed by atoms with Crippen molar-refractivity contribution >= 4 is 45.2 Å². The van der Waals surface area contributed by atoms with Crippen LogP contribution in [0.25, 0.3) is 11.1 Å². The van der Waals surface area contributed by atoms with Crippen molar-refractivity contribution in [1.29, 1.82) is 0 Å². The number of aryl methyl sites for hydroxylation is 1. The number of fused-ring (bicyclic) bond motifs is 1. The van der Waals surface area contributed by atoms with Gasteiger partial charge in [0.25, 0.3) is 0 Å². The number of esters is 1. The van der Waals surface area contributed by atoms with Crippen LogP contribution in [0.4, 0.5) is 5.13 Å². The molecule has 0 aliphatic heterocycles. The number of hydrogen-bond donors (Lipinski definition) is 1. The fraction of sp³-hybridized carbons (Fsp3) is 0.211. The van der Waals surface area contributed by atoms with Crippen molar-refractivity contribution in [3.63, 3.8) is 0 Å². The van der Waals surface area contributed by atoms with Crippen LogP contribution in [0.5, 0.6) is 0 Å². The average Bonchev–Trinajstić information content (AvgIpc) is 3.18. The van der Waals surface area contributed by atoms with E-state index in [9.17, 15) is 19.2 Å². The van der Waals surface area contributed by atoms with Gasteiger partial charge in [-0.05, 0) is 32.0 Å². The van der Waals surface area contributed by atoms with Gasteiger partial charge in [0.05, 0.1) is 11.2 Å². The Balaban J connectivity index is 1.77. The molecule has 29 heavy (non-hydrogen) atoms. The van der Waals surface area contributed by atoms with Crippen LogP contribution in [0.15, 0.2) is 40.1 Å². The summed E-state index contributed by atoms with van der Waals surface area (Å²) >= 11 is 0.972. The van der Waals surface area contributed by atoms with E-state index in [2.05, 4.69) is 16.9 Å². The first-order valence-electron chi connectivity index (χ1n) is 8.49. The normalized spacial score (nSPS) is 10.7. The summed E-state index contributed by atoms with van der Waals surface area (Å²) in [5.41, 5.74) is 1.42. The molecule has 2 aromatic heterocycles. The van der Waals surface area contributed by atoms with Gasteiger partial charge in [-0.3, -0.25) is 14.2 Å². The second-order valence-electron chi connectivity index (χ2n) is 6.06. The van der Waals surface area contributed by atoms with E-state index in [-0.39, 0.29) is 34.5 Å². The Kier molecular flexibility index (Phi) is 5.74. The Bertz CT molecular complexity index is 1190. The summed E-state index contributed by atoms with van der Waals surface area (Å²) < 4.78 is 11.2. The predicted octanol–water partition coefficient (Wildman–Crippen LogP) is 2.54. The number of ether oxygens (including phenoxy) is 1. The zero-order chi connectivity index (χ0) is 21.1. The molecule has 0 spiro atoms. The van der Waals surface area contributed by atoms with Crippen molar-refractivity contribution in [1.82, 2.24) is 9.55 Å². The van der Waals surface area contributed by atoms with Gasteiger partial charge in [-0.25, -0.2) is 14.6 Å². The minimum absolute atomic E-state index is 0.0691. The number of carbonyl (C=O) groups is 3. The van der Waals surface area contributed by atoms with E-state index in [1.54, 1.807) is 19.1 Å². The molecular formula is C19H17N3O6S. The van der Waals surface area contributed by atoms with Gasteiger partial charge in [-0.2, -0.15) is 0 Å². The second-order valence-corrected chi connectivity index (χ2v) is 7.06. The molecule has 0 aliphatic carbocycles. The number of amides is 1. The van der Waals surface area contributed by atoms with Crippen LogP contribution >= 0.6 is 11.3 Å². The van der Waals surface area contributed by atoms with Crippen LogP contribution in [0.1, 0.15) is 32.6 Å². The van der Waals surface area contributed by atoms with Crippen LogP contribution < -0.4 is 11.1 Å². The summed E-state index contributed by atoms with van der Waals surface area (Å²) in [5, 5.41) is 2.77. The molecule has 0 saturated heterocycles. The van der Waals surface area contributed by atoms with E-state index < -0.39 is 17.6 Å². The SMILES string of the molecule is C=CCOC(=O)c1sc(NC(=O)Cn2c(=O)oc3cc(C(C)=O)ccc32)nc1C. The quantitative estimate of drug-likeness (QED) is 0.358. The molecule has 0 unspecified atom stereocenters. The fourth-order valence-corrected chi connectivity index (χ4v) is 3.45. The Morgan fingerprint density at radius 3 is 2.83 bits per heavy atom. The highest BCUT2D eigenvalue weighted by molar-refractivity contribution is 7.17. The summed E-state index contributed by atoms with van der Waals surface area (Å²) in [5.74, 6) is -1.97. The average molecular weight is 415 g/mol. The summed E-state index contributed by atoms with van der Waals surface area (Å²) in [6.45, 7) is 6.25. The van der Waals surface area contributed by atoms with E-state index in [0.717, 1.165) is 15.9 Å². The van der Waals surface area contributed by atoms with Crippen molar-refractivity contribution < 1.29 is 23.5 Å². The highest BCUT2D eigenvalue weighted by Gasteiger charge is 2.19. The number of Topliss-reactive ketones (excluding diaryl/α,β-unsaturated/α-hetero) is 1. The molecule has 0 bridgehead atoms. The molecule has 9 nitrogen and oxygen atoms in total. The van der Waals surface area contributed by atoms with Crippen molar-refractivity contribution in [3.05, 3.63) is 57.5 Å². The molecule has 0 fully saturated rings. The molecule has 3 aromatic rings. The van der Waals surface area contributed by atoms with Gasteiger partial charge >= 0.3 is 11.7 Å². The highest BCUT2D eigenvalue weighted by atomic mass is 32.1. The Morgan fingerprint density at radius 1 is 1.38 bits per heavy atom. The number of carbonyl (C=O) groups excluding carboxylic acids is 3. The number of thiazole rings is 1. The van der Waals surface area contributed by atoms with Gasteiger partial charge in [-0.1, -0.05) is 24.0 Å². The number of nitrogens with zero attached hydrogens (tertiary/aromatic N) is 2. The number of oxazole rings is 1. The Labute approximate surface area is 168 Å². The molecule has 2 heterocycles. The molecule has 0 aliphatic rings. The minimum Gasteiger partial charge on any atom is -0.457 e. The van der Waals surface area contributed by atoms with Gasteiger partial charge in [0, 0.05) is 5.56 Å². The molecule has 0 saturated carbocycles. The third-order valence-corrected chi connectivity index (χ3v) is 4.99. The van der Waals surface area contributed by atoms with Crippen molar-refractivity contribution in [2.24, 2.45) is 0 Å². The van der Waals surface area contributed by atoms with E-state index in [1.807, 2.05) is 0 Å². The zero-order valence-electron chi connectivity index (χ0n) is 15.7. The monoisotopic (exact) mass is 415 g/mol. The second kappa shape index (κ2) is 8.23. The smallest absolute Gasteiger partial charge is 0.420 e. The molecule has 10 heteroatoms. The maximum absolute atomic E-state index is 12.4. The summed E-state index contributed by atoms with van der Waals surface area (Å²) in [4.78, 5) is 52.3. The van der Waals surface area contributed by atoms with E-state index in [0.29, 0.717) is 16.8 Å². The fourth-order valence-electron chi connectivity index (χ4n) is 2.58. The lowest BCUT2D eigenvalue weighted by molar-refractivity contribution is -0.116. The van der Waals surface area contributed by atoms with Crippen LogP contribution in [-0.4, -0.2) is 33.8 Å². The van der Waals surface area contributed by atoms with E-state index >= 15 is 0 Å². The summed E-state index contributed by atoms with van der Waals surface area (Å²) in [7, 11) is 0. The lowest BCUT2D eigenvalue weighted by atomic mass is 10.1. The summed E-state index contributed by atoms with van der Waals surface area (Å²) in [6, 6.07) is 4.56. The Morgan fingerprint density at radius 2 is 2.14 bits per heavy atom. The molecule has 1 N–H and O–H groups in total. The van der Waals surface area contributed by atoms with Gasteiger partial charge in [0.15, 0.2) is 16.5 Å². The van der Waals surface area contributed by atoms with Gasteiger partial charge in [0.2, 0.25) is 5.91 Å². The molecule has 1 amide bonds. The number of nitrogens with one attached hydrogen (secondary N) is 1. The first kappa shape index (κ1) is 20.2. The Hall–Kier alpha value is -3.53. The van der Waals surface area contributed by atoms with Crippen LogP contribution in [0.3, 0.4) is 0 Å². The maximum Gasteiger partial charge on any atom is 0.420 e. The first-order valence-corrected chi connectivity index (χ1v) is 9.31. The van der Waals surface area contributed by atoms with Gasteiger partial charge in [-0.15, -0.1) is 0 Å². The number of rotatable bonds is 7. The predicted molar refractivity (Wildman–Crippen MR) is 106 cm³/mol.